The number of aromatic nitrogens is 4. The molecule has 0 aliphatic carbocycles. The molecule has 4 unspecified atom stereocenters. The van der Waals surface area contributed by atoms with Gasteiger partial charge in [-0.25, -0.2) is 4.98 Å². The van der Waals surface area contributed by atoms with Crippen molar-refractivity contribution in [2.75, 3.05) is 6.61 Å². The highest BCUT2D eigenvalue weighted by Crippen LogP contribution is 2.35. The summed E-state index contributed by atoms with van der Waals surface area (Å²) in [7, 11) is 1.71. The van der Waals surface area contributed by atoms with E-state index in [0.717, 1.165) is 0 Å². The van der Waals surface area contributed by atoms with E-state index < -0.39 is 24.4 Å². The van der Waals surface area contributed by atoms with Gasteiger partial charge in [-0.15, -0.1) is 0 Å². The van der Waals surface area contributed by atoms with Crippen LogP contribution in [0.2, 0.25) is 0 Å². The molecule has 2 aromatic rings. The molecule has 0 bridgehead atoms. The van der Waals surface area contributed by atoms with Gasteiger partial charge in [-0.2, -0.15) is 5.10 Å². The third kappa shape index (κ3) is 1.86. The topological polar surface area (TPSA) is 116 Å². The number of ether oxygens (including phenoxy) is 1. The van der Waals surface area contributed by atoms with E-state index in [-0.39, 0.29) is 6.61 Å². The molecule has 9 heteroatoms. The maximum Gasteiger partial charge on any atom is 0.155 e. The summed E-state index contributed by atoms with van der Waals surface area (Å²) in [4.78, 5) is 6.91. The first-order valence-corrected chi connectivity index (χ1v) is 6.48. The van der Waals surface area contributed by atoms with Gasteiger partial charge in [-0.05, 0) is 0 Å². The van der Waals surface area contributed by atoms with E-state index >= 15 is 0 Å². The minimum atomic E-state index is -1.17. The Labute approximate surface area is 118 Å². The molecule has 0 radical (unpaired) electrons. The second kappa shape index (κ2) is 4.86. The van der Waals surface area contributed by atoms with Gasteiger partial charge in [0.1, 0.15) is 35.6 Å². The van der Waals surface area contributed by atoms with Crippen LogP contribution in [-0.4, -0.2) is 60.0 Å². The van der Waals surface area contributed by atoms with Crippen LogP contribution in [0.25, 0.3) is 11.0 Å². The van der Waals surface area contributed by atoms with E-state index in [0.29, 0.717) is 21.4 Å². The molecule has 1 saturated heterocycles. The number of rotatable bonds is 2. The van der Waals surface area contributed by atoms with Crippen LogP contribution >= 0.6 is 12.2 Å². The highest BCUT2D eigenvalue weighted by Gasteiger charge is 2.45. The van der Waals surface area contributed by atoms with Crippen molar-refractivity contribution < 1.29 is 20.1 Å². The molecule has 20 heavy (non-hydrogen) atoms. The highest BCUT2D eigenvalue weighted by atomic mass is 32.1. The molecule has 0 aromatic carbocycles. The van der Waals surface area contributed by atoms with Crippen molar-refractivity contribution in [1.82, 2.24) is 19.7 Å². The predicted octanol–water partition coefficient (Wildman–Crippen LogP) is -0.820. The smallest absolute Gasteiger partial charge is 0.155 e. The summed E-state index contributed by atoms with van der Waals surface area (Å²) in [6, 6.07) is 0. The Morgan fingerprint density at radius 1 is 1.45 bits per heavy atom. The van der Waals surface area contributed by atoms with Crippen molar-refractivity contribution in [3.8, 4) is 0 Å². The average molecular weight is 298 g/mol. The van der Waals surface area contributed by atoms with Crippen molar-refractivity contribution in [3.05, 3.63) is 16.7 Å². The van der Waals surface area contributed by atoms with E-state index in [2.05, 4.69) is 15.1 Å². The fourth-order valence-corrected chi connectivity index (χ4v) is 2.76. The number of aromatic amines is 1. The van der Waals surface area contributed by atoms with E-state index in [9.17, 15) is 10.2 Å². The lowest BCUT2D eigenvalue weighted by Gasteiger charge is -2.12. The van der Waals surface area contributed by atoms with Crippen LogP contribution in [0.15, 0.2) is 6.33 Å². The molecule has 0 saturated carbocycles. The van der Waals surface area contributed by atoms with Crippen molar-refractivity contribution in [3.63, 3.8) is 0 Å². The van der Waals surface area contributed by atoms with Crippen LogP contribution in [0.4, 0.5) is 0 Å². The highest BCUT2D eigenvalue weighted by molar-refractivity contribution is 7.71. The molecule has 0 spiro atoms. The maximum atomic E-state index is 10.1. The molecule has 108 valence electrons. The Kier molecular flexibility index (Phi) is 3.30. The van der Waals surface area contributed by atoms with Gasteiger partial charge in [0.2, 0.25) is 0 Å². The lowest BCUT2D eigenvalue weighted by atomic mass is 10.1. The molecule has 3 heterocycles. The lowest BCUT2D eigenvalue weighted by molar-refractivity contribution is -0.0237. The van der Waals surface area contributed by atoms with E-state index in [1.807, 2.05) is 0 Å². The summed E-state index contributed by atoms with van der Waals surface area (Å²) in [5.41, 5.74) is 1.65. The number of hydrogen-bond donors (Lipinski definition) is 4. The van der Waals surface area contributed by atoms with Crippen molar-refractivity contribution in [2.45, 2.75) is 24.4 Å². The minimum Gasteiger partial charge on any atom is -0.394 e. The van der Waals surface area contributed by atoms with Gasteiger partial charge in [0.25, 0.3) is 0 Å². The summed E-state index contributed by atoms with van der Waals surface area (Å²) in [6.45, 7) is -0.378. The molecule has 4 atom stereocenters. The van der Waals surface area contributed by atoms with Crippen LogP contribution in [0.3, 0.4) is 0 Å². The lowest BCUT2D eigenvalue weighted by Crippen LogP contribution is -2.32. The normalized spacial score (nSPS) is 30.2. The number of aliphatic hydroxyl groups is 3. The third-order valence-electron chi connectivity index (χ3n) is 3.48. The summed E-state index contributed by atoms with van der Waals surface area (Å²) in [6.07, 6.45) is -2.56. The maximum absolute atomic E-state index is 10.1. The first-order chi connectivity index (χ1) is 9.54. The summed E-state index contributed by atoms with van der Waals surface area (Å²) < 4.78 is 7.41. The summed E-state index contributed by atoms with van der Waals surface area (Å²) in [5, 5.41) is 33.3. The molecular weight excluding hydrogens is 284 g/mol. The number of hydrogen-bond acceptors (Lipinski definition) is 7. The van der Waals surface area contributed by atoms with Crippen molar-refractivity contribution >= 4 is 23.3 Å². The van der Waals surface area contributed by atoms with Crippen molar-refractivity contribution in [1.29, 1.82) is 0 Å². The zero-order valence-electron chi connectivity index (χ0n) is 10.6. The molecule has 3 rings (SSSR count). The van der Waals surface area contributed by atoms with Gasteiger partial charge in [0.15, 0.2) is 4.64 Å². The molecule has 8 nitrogen and oxygen atoms in total. The van der Waals surface area contributed by atoms with E-state index in [1.165, 1.54) is 6.33 Å². The zero-order chi connectivity index (χ0) is 14.4. The average Bonchev–Trinajstić information content (AvgIpc) is 2.90. The number of fused-ring (bicyclic) bond motifs is 1. The second-order valence-corrected chi connectivity index (χ2v) is 5.09. The van der Waals surface area contributed by atoms with Crippen molar-refractivity contribution in [2.24, 2.45) is 7.05 Å². The molecule has 4 N–H and O–H groups in total. The Bertz CT molecular complexity index is 699. The number of nitrogens with one attached hydrogen (secondary N) is 1. The van der Waals surface area contributed by atoms with Gasteiger partial charge in [0.05, 0.1) is 18.5 Å². The Morgan fingerprint density at radius 2 is 2.20 bits per heavy atom. The SMILES string of the molecule is Cn1nc(C2OC(CO)C(O)C2O)c2[nH]cnc(=S)c21. The van der Waals surface area contributed by atoms with Crippen LogP contribution in [0.5, 0.6) is 0 Å². The molecule has 1 fully saturated rings. The Morgan fingerprint density at radius 3 is 2.85 bits per heavy atom. The number of aryl methyl sites for hydroxylation is 1. The molecule has 1 aliphatic heterocycles. The van der Waals surface area contributed by atoms with Crippen LogP contribution in [0, 0.1) is 4.64 Å². The van der Waals surface area contributed by atoms with Gasteiger partial charge in [0, 0.05) is 7.05 Å². The first kappa shape index (κ1) is 13.6. The van der Waals surface area contributed by atoms with Gasteiger partial charge < -0.3 is 25.0 Å². The molecule has 2 aromatic heterocycles. The van der Waals surface area contributed by atoms with E-state index in [1.54, 1.807) is 11.7 Å². The predicted molar refractivity (Wildman–Crippen MR) is 70.4 cm³/mol. The quantitative estimate of drug-likeness (QED) is 0.535. The standard InChI is InChI=1S/C11H14N4O4S/c1-15-7-5(12-3-13-11(7)20)6(14-15)10-9(18)8(17)4(2-16)19-10/h3-4,8-10,16-18H,2H2,1H3,(H,12,13,20). The third-order valence-corrected chi connectivity index (χ3v) is 3.78. The fraction of sp³-hybridized carbons (Fsp3) is 0.545. The zero-order valence-corrected chi connectivity index (χ0v) is 11.4. The number of nitrogens with zero attached hydrogens (tertiary/aromatic N) is 3. The molecule has 0 amide bonds. The molecular formula is C11H14N4O4S. The van der Waals surface area contributed by atoms with Gasteiger partial charge >= 0.3 is 0 Å². The molecule has 1 aliphatic rings. The van der Waals surface area contributed by atoms with Crippen LogP contribution < -0.4 is 0 Å². The van der Waals surface area contributed by atoms with E-state index in [4.69, 9.17) is 22.1 Å². The van der Waals surface area contributed by atoms with Crippen LogP contribution in [0.1, 0.15) is 11.8 Å². The number of aliphatic hydroxyl groups excluding tert-OH is 3. The minimum absolute atomic E-state index is 0.378. The monoisotopic (exact) mass is 298 g/mol. The Balaban J connectivity index is 2.12. The fourth-order valence-electron chi connectivity index (χ4n) is 2.47. The largest absolute Gasteiger partial charge is 0.394 e. The summed E-state index contributed by atoms with van der Waals surface area (Å²) >= 11 is 5.14. The Hall–Kier alpha value is -1.39. The van der Waals surface area contributed by atoms with Gasteiger partial charge in [-0.1, -0.05) is 12.2 Å². The second-order valence-electron chi connectivity index (χ2n) is 4.70. The first-order valence-electron chi connectivity index (χ1n) is 6.07. The van der Waals surface area contributed by atoms with Gasteiger partial charge in [-0.3, -0.25) is 4.68 Å². The number of H-pyrrole nitrogens is 1. The van der Waals surface area contributed by atoms with Crippen LogP contribution in [-0.2, 0) is 11.8 Å². The summed E-state index contributed by atoms with van der Waals surface area (Å²) in [5.74, 6) is 0.